The van der Waals surface area contributed by atoms with E-state index in [1.165, 1.54) is 12.1 Å². The second-order valence-electron chi connectivity index (χ2n) is 4.43. The molecule has 0 fully saturated rings. The maximum Gasteiger partial charge on any atom is 0.237 e. The fourth-order valence-electron chi connectivity index (χ4n) is 1.76. The Balaban J connectivity index is 1.88. The van der Waals surface area contributed by atoms with Crippen LogP contribution in [0.2, 0.25) is 0 Å². The zero-order chi connectivity index (χ0) is 14.5. The van der Waals surface area contributed by atoms with Gasteiger partial charge in [0.25, 0.3) is 0 Å². The van der Waals surface area contributed by atoms with Crippen molar-refractivity contribution in [1.29, 1.82) is 0 Å². The number of carbonyl (C=O) groups is 1. The Hall–Kier alpha value is -2.05. The molecule has 6 heteroatoms. The second kappa shape index (κ2) is 6.40. The number of aromatic hydroxyl groups is 2. The topological polar surface area (TPSA) is 95.6 Å². The van der Waals surface area contributed by atoms with E-state index in [-0.39, 0.29) is 17.4 Å². The summed E-state index contributed by atoms with van der Waals surface area (Å²) in [6, 6.07) is 7.57. The molecule has 1 aromatic heterocycles. The number of nitrogens with one attached hydrogen (secondary N) is 1. The zero-order valence-corrected chi connectivity index (χ0v) is 11.6. The monoisotopic (exact) mass is 292 g/mol. The van der Waals surface area contributed by atoms with Crippen molar-refractivity contribution in [2.45, 2.75) is 19.0 Å². The highest BCUT2D eigenvalue weighted by molar-refractivity contribution is 7.09. The molecule has 2 aromatic rings. The van der Waals surface area contributed by atoms with Crippen LogP contribution in [-0.4, -0.2) is 22.2 Å². The fraction of sp³-hybridized carbons (Fsp3) is 0.214. The molecule has 0 aliphatic carbocycles. The largest absolute Gasteiger partial charge is 0.504 e. The lowest BCUT2D eigenvalue weighted by Gasteiger charge is -2.12. The molecule has 1 atom stereocenters. The molecule has 0 aliphatic rings. The van der Waals surface area contributed by atoms with Crippen LogP contribution in [0.1, 0.15) is 10.4 Å². The lowest BCUT2D eigenvalue weighted by molar-refractivity contribution is -0.122. The molecule has 0 bridgehead atoms. The summed E-state index contributed by atoms with van der Waals surface area (Å²) in [6.07, 6.45) is 0.296. The van der Waals surface area contributed by atoms with Crippen LogP contribution in [0.4, 0.5) is 0 Å². The lowest BCUT2D eigenvalue weighted by atomic mass is 10.1. The van der Waals surface area contributed by atoms with E-state index >= 15 is 0 Å². The molecule has 20 heavy (non-hydrogen) atoms. The van der Waals surface area contributed by atoms with Gasteiger partial charge in [0.05, 0.1) is 12.6 Å². The van der Waals surface area contributed by atoms with Gasteiger partial charge in [-0.2, -0.15) is 0 Å². The van der Waals surface area contributed by atoms with Crippen LogP contribution in [-0.2, 0) is 17.8 Å². The van der Waals surface area contributed by atoms with Crippen LogP contribution >= 0.6 is 11.3 Å². The molecule has 5 nitrogen and oxygen atoms in total. The first kappa shape index (κ1) is 14.4. The summed E-state index contributed by atoms with van der Waals surface area (Å²) in [4.78, 5) is 12.9. The van der Waals surface area contributed by atoms with Gasteiger partial charge in [0.15, 0.2) is 11.5 Å². The number of benzene rings is 1. The highest BCUT2D eigenvalue weighted by Crippen LogP contribution is 2.25. The Morgan fingerprint density at radius 2 is 2.10 bits per heavy atom. The van der Waals surface area contributed by atoms with Crippen LogP contribution in [0.3, 0.4) is 0 Å². The molecule has 1 amide bonds. The van der Waals surface area contributed by atoms with Crippen molar-refractivity contribution >= 4 is 17.2 Å². The van der Waals surface area contributed by atoms with E-state index < -0.39 is 6.04 Å². The van der Waals surface area contributed by atoms with Gasteiger partial charge in [-0.3, -0.25) is 4.79 Å². The third kappa shape index (κ3) is 3.72. The van der Waals surface area contributed by atoms with Crippen molar-refractivity contribution in [3.63, 3.8) is 0 Å². The summed E-state index contributed by atoms with van der Waals surface area (Å²) >= 11 is 1.57. The van der Waals surface area contributed by atoms with Crippen LogP contribution in [0.5, 0.6) is 11.5 Å². The van der Waals surface area contributed by atoms with E-state index in [4.69, 9.17) is 5.73 Å². The summed E-state index contributed by atoms with van der Waals surface area (Å²) < 4.78 is 0. The SMILES string of the molecule is N[C@@H](Cc1ccc(O)c(O)c1)C(=O)NCc1cccs1. The molecule has 0 spiro atoms. The van der Waals surface area contributed by atoms with E-state index in [1.54, 1.807) is 17.4 Å². The van der Waals surface area contributed by atoms with Gasteiger partial charge in [-0.05, 0) is 35.6 Å². The minimum Gasteiger partial charge on any atom is -0.504 e. The number of amides is 1. The number of rotatable bonds is 5. The average Bonchev–Trinajstić information content (AvgIpc) is 2.93. The van der Waals surface area contributed by atoms with E-state index in [0.29, 0.717) is 18.5 Å². The van der Waals surface area contributed by atoms with Crippen LogP contribution in [0, 0.1) is 0 Å². The van der Waals surface area contributed by atoms with Gasteiger partial charge in [-0.25, -0.2) is 0 Å². The van der Waals surface area contributed by atoms with E-state index in [2.05, 4.69) is 5.32 Å². The van der Waals surface area contributed by atoms with Crippen LogP contribution in [0.15, 0.2) is 35.7 Å². The van der Waals surface area contributed by atoms with Crippen molar-refractivity contribution in [3.05, 3.63) is 46.2 Å². The number of thiophene rings is 1. The molecule has 0 aliphatic heterocycles. The van der Waals surface area contributed by atoms with Gasteiger partial charge in [0.1, 0.15) is 0 Å². The van der Waals surface area contributed by atoms with Crippen molar-refractivity contribution < 1.29 is 15.0 Å². The molecule has 1 heterocycles. The molecule has 0 unspecified atom stereocenters. The maximum atomic E-state index is 11.9. The van der Waals surface area contributed by atoms with Crippen molar-refractivity contribution in [3.8, 4) is 11.5 Å². The Bertz CT molecular complexity index is 584. The summed E-state index contributed by atoms with van der Waals surface area (Å²) in [5.74, 6) is -0.649. The third-order valence-electron chi connectivity index (χ3n) is 2.85. The predicted octanol–water partition coefficient (Wildman–Crippen LogP) is 1.35. The Labute approximate surface area is 120 Å². The number of nitrogens with two attached hydrogens (primary N) is 1. The quantitative estimate of drug-likeness (QED) is 0.625. The Morgan fingerprint density at radius 3 is 2.75 bits per heavy atom. The standard InChI is InChI=1S/C14H16N2O3S/c15-11(6-9-3-4-12(17)13(18)7-9)14(19)16-8-10-2-1-5-20-10/h1-5,7,11,17-18H,6,8,15H2,(H,16,19)/t11-/m0/s1. The number of phenolic OH excluding ortho intramolecular Hbond substituents is 2. The Morgan fingerprint density at radius 1 is 1.30 bits per heavy atom. The van der Waals surface area contributed by atoms with Gasteiger partial charge in [-0.1, -0.05) is 12.1 Å². The molecule has 0 saturated carbocycles. The first-order valence-electron chi connectivity index (χ1n) is 6.13. The van der Waals surface area contributed by atoms with Gasteiger partial charge in [0.2, 0.25) is 5.91 Å². The van der Waals surface area contributed by atoms with E-state index in [1.807, 2.05) is 17.5 Å². The first-order chi connectivity index (χ1) is 9.56. The smallest absolute Gasteiger partial charge is 0.237 e. The lowest BCUT2D eigenvalue weighted by Crippen LogP contribution is -2.41. The highest BCUT2D eigenvalue weighted by atomic mass is 32.1. The molecular weight excluding hydrogens is 276 g/mol. The summed E-state index contributed by atoms with van der Waals surface area (Å²) in [5, 5.41) is 23.3. The van der Waals surface area contributed by atoms with E-state index in [9.17, 15) is 15.0 Å². The molecule has 106 valence electrons. The normalized spacial score (nSPS) is 12.1. The first-order valence-corrected chi connectivity index (χ1v) is 7.01. The number of phenols is 2. The minimum absolute atomic E-state index is 0.190. The van der Waals surface area contributed by atoms with Gasteiger partial charge in [-0.15, -0.1) is 11.3 Å². The molecule has 1 aromatic carbocycles. The second-order valence-corrected chi connectivity index (χ2v) is 5.46. The molecule has 5 N–H and O–H groups in total. The maximum absolute atomic E-state index is 11.9. The summed E-state index contributed by atoms with van der Waals surface area (Å²) in [5.41, 5.74) is 6.52. The number of hydrogen-bond acceptors (Lipinski definition) is 5. The predicted molar refractivity (Wildman–Crippen MR) is 77.6 cm³/mol. The van der Waals surface area contributed by atoms with Gasteiger partial charge >= 0.3 is 0 Å². The molecule has 0 saturated heterocycles. The highest BCUT2D eigenvalue weighted by Gasteiger charge is 2.14. The fourth-order valence-corrected chi connectivity index (χ4v) is 2.41. The van der Waals surface area contributed by atoms with Crippen molar-refractivity contribution in [1.82, 2.24) is 5.32 Å². The van der Waals surface area contributed by atoms with Crippen LogP contribution < -0.4 is 11.1 Å². The number of carbonyl (C=O) groups excluding carboxylic acids is 1. The zero-order valence-electron chi connectivity index (χ0n) is 10.7. The summed E-state index contributed by atoms with van der Waals surface area (Å²) in [6.45, 7) is 0.463. The third-order valence-corrected chi connectivity index (χ3v) is 3.73. The molecule has 2 rings (SSSR count). The number of hydrogen-bond donors (Lipinski definition) is 4. The van der Waals surface area contributed by atoms with E-state index in [0.717, 1.165) is 4.88 Å². The Kier molecular flexibility index (Phi) is 4.60. The molecule has 0 radical (unpaired) electrons. The summed E-state index contributed by atoms with van der Waals surface area (Å²) in [7, 11) is 0. The minimum atomic E-state index is -0.695. The van der Waals surface area contributed by atoms with Gasteiger partial charge < -0.3 is 21.3 Å². The molecular formula is C14H16N2O3S. The average molecular weight is 292 g/mol. The van der Waals surface area contributed by atoms with Crippen LogP contribution in [0.25, 0.3) is 0 Å². The van der Waals surface area contributed by atoms with Crippen molar-refractivity contribution in [2.75, 3.05) is 0 Å². The van der Waals surface area contributed by atoms with Gasteiger partial charge in [0, 0.05) is 4.88 Å². The van der Waals surface area contributed by atoms with Crippen molar-refractivity contribution in [2.24, 2.45) is 5.73 Å².